The molecule has 0 saturated carbocycles. The molecule has 1 amide bonds. The van der Waals surface area contributed by atoms with Crippen molar-refractivity contribution >= 4 is 33.7 Å². The first-order chi connectivity index (χ1) is 12.8. The monoisotopic (exact) mass is 443 g/mol. The van der Waals surface area contributed by atoms with Crippen molar-refractivity contribution in [1.82, 2.24) is 5.43 Å². The van der Waals surface area contributed by atoms with Gasteiger partial charge < -0.3 is 14.8 Å². The van der Waals surface area contributed by atoms with Crippen LogP contribution in [0.5, 0.6) is 11.5 Å². The highest BCUT2D eigenvalue weighted by molar-refractivity contribution is 9.10. The lowest BCUT2D eigenvalue weighted by Crippen LogP contribution is -2.26. The van der Waals surface area contributed by atoms with Gasteiger partial charge in [-0.25, -0.2) is 5.43 Å². The van der Waals surface area contributed by atoms with Gasteiger partial charge in [0.2, 0.25) is 6.79 Å². The van der Waals surface area contributed by atoms with Crippen molar-refractivity contribution < 1.29 is 27.4 Å². The maximum Gasteiger partial charge on any atom is 0.416 e. The van der Waals surface area contributed by atoms with Crippen molar-refractivity contribution in [2.45, 2.75) is 6.18 Å². The number of fused-ring (bicyclic) bond motifs is 1. The quantitative estimate of drug-likeness (QED) is 0.545. The normalized spacial score (nSPS) is 13.0. The molecule has 0 aliphatic carbocycles. The van der Waals surface area contributed by atoms with Crippen molar-refractivity contribution in [2.24, 2.45) is 5.10 Å². The molecule has 1 heterocycles. The lowest BCUT2D eigenvalue weighted by molar-refractivity contribution is -0.137. The van der Waals surface area contributed by atoms with E-state index in [2.05, 4.69) is 31.8 Å². The number of halogens is 4. The molecule has 0 spiro atoms. The summed E-state index contributed by atoms with van der Waals surface area (Å²) in [5.74, 6) is 0.658. The van der Waals surface area contributed by atoms with Crippen LogP contribution in [-0.4, -0.2) is 25.5 Å². The second-order valence-electron chi connectivity index (χ2n) is 5.45. The van der Waals surface area contributed by atoms with Crippen LogP contribution in [0.4, 0.5) is 18.9 Å². The number of nitrogens with one attached hydrogen (secondary N) is 2. The van der Waals surface area contributed by atoms with Crippen LogP contribution in [-0.2, 0) is 11.0 Å². The van der Waals surface area contributed by atoms with E-state index >= 15 is 0 Å². The van der Waals surface area contributed by atoms with E-state index in [-0.39, 0.29) is 19.0 Å². The fourth-order valence-corrected chi connectivity index (χ4v) is 2.66. The fraction of sp³-hybridized carbons (Fsp3) is 0.176. The Morgan fingerprint density at radius 2 is 1.96 bits per heavy atom. The van der Waals surface area contributed by atoms with Crippen molar-refractivity contribution in [2.75, 3.05) is 18.7 Å². The zero-order valence-corrected chi connectivity index (χ0v) is 15.2. The van der Waals surface area contributed by atoms with Gasteiger partial charge in [0.1, 0.15) is 0 Å². The zero-order chi connectivity index (χ0) is 19.4. The topological polar surface area (TPSA) is 72.0 Å². The van der Waals surface area contributed by atoms with Gasteiger partial charge in [-0.05, 0) is 46.3 Å². The number of alkyl halides is 3. The number of amides is 1. The number of nitrogens with zero attached hydrogens (tertiary/aromatic N) is 1. The van der Waals surface area contributed by atoms with Gasteiger partial charge in [0, 0.05) is 15.7 Å². The Morgan fingerprint density at radius 1 is 1.22 bits per heavy atom. The fourth-order valence-electron chi connectivity index (χ4n) is 2.23. The predicted octanol–water partition coefficient (Wildman–Crippen LogP) is 3.76. The average Bonchev–Trinajstić information content (AvgIpc) is 3.06. The van der Waals surface area contributed by atoms with Gasteiger partial charge in [0.05, 0.1) is 18.3 Å². The Kier molecular flexibility index (Phi) is 5.54. The molecule has 0 radical (unpaired) electrons. The second kappa shape index (κ2) is 7.87. The van der Waals surface area contributed by atoms with Gasteiger partial charge >= 0.3 is 6.18 Å². The van der Waals surface area contributed by atoms with Gasteiger partial charge in [0.25, 0.3) is 5.91 Å². The minimum absolute atomic E-state index is 0.139. The lowest BCUT2D eigenvalue weighted by Gasteiger charge is -2.10. The Bertz CT molecular complexity index is 887. The smallest absolute Gasteiger partial charge is 0.416 e. The highest BCUT2D eigenvalue weighted by Crippen LogP contribution is 2.36. The second-order valence-corrected chi connectivity index (χ2v) is 6.31. The van der Waals surface area contributed by atoms with Crippen molar-refractivity contribution in [1.29, 1.82) is 0 Å². The van der Waals surface area contributed by atoms with Gasteiger partial charge in [-0.1, -0.05) is 6.07 Å². The summed E-state index contributed by atoms with van der Waals surface area (Å²) in [4.78, 5) is 11.8. The van der Waals surface area contributed by atoms with E-state index in [1.165, 1.54) is 18.3 Å². The maximum atomic E-state index is 12.7. The molecule has 27 heavy (non-hydrogen) atoms. The average molecular weight is 444 g/mol. The van der Waals surface area contributed by atoms with E-state index in [9.17, 15) is 18.0 Å². The van der Waals surface area contributed by atoms with E-state index in [0.29, 0.717) is 21.5 Å². The molecule has 1 aliphatic rings. The minimum Gasteiger partial charge on any atom is -0.454 e. The van der Waals surface area contributed by atoms with E-state index < -0.39 is 17.6 Å². The molecule has 2 aromatic carbocycles. The molecule has 6 nitrogen and oxygen atoms in total. The standard InChI is InChI=1S/C17H13BrF3N3O3/c18-13-6-15-14(26-9-27-15)4-10(13)7-23-24-16(25)8-22-12-3-1-2-11(5-12)17(19,20)21/h1-7,22H,8-9H2,(H,24,25)/b23-7-. The van der Waals surface area contributed by atoms with Crippen LogP contribution in [0.25, 0.3) is 0 Å². The molecular formula is C17H13BrF3N3O3. The Morgan fingerprint density at radius 3 is 2.70 bits per heavy atom. The minimum atomic E-state index is -4.44. The summed E-state index contributed by atoms with van der Waals surface area (Å²) < 4.78 is 49.2. The number of hydrazone groups is 1. The Labute approximate surface area is 160 Å². The van der Waals surface area contributed by atoms with Crippen LogP contribution >= 0.6 is 15.9 Å². The summed E-state index contributed by atoms with van der Waals surface area (Å²) in [5, 5.41) is 6.45. The highest BCUT2D eigenvalue weighted by atomic mass is 79.9. The Hall–Kier alpha value is -2.75. The molecule has 10 heteroatoms. The molecule has 0 aromatic heterocycles. The van der Waals surface area contributed by atoms with Crippen LogP contribution in [0, 0.1) is 0 Å². The molecule has 3 rings (SSSR count). The Balaban J connectivity index is 1.54. The first kappa shape index (κ1) is 19.0. The van der Waals surface area contributed by atoms with Crippen LogP contribution in [0.1, 0.15) is 11.1 Å². The zero-order valence-electron chi connectivity index (χ0n) is 13.6. The molecule has 2 N–H and O–H groups in total. The number of carbonyl (C=O) groups is 1. The van der Waals surface area contributed by atoms with Crippen LogP contribution < -0.4 is 20.2 Å². The molecule has 0 saturated heterocycles. The molecule has 0 unspecified atom stereocenters. The van der Waals surface area contributed by atoms with E-state index in [1.807, 2.05) is 0 Å². The SMILES string of the molecule is O=C(CNc1cccc(C(F)(F)F)c1)N/N=C\c1cc2c(cc1Br)OCO2. The number of carbonyl (C=O) groups excluding carboxylic acids is 1. The van der Waals surface area contributed by atoms with Gasteiger partial charge in [-0.15, -0.1) is 0 Å². The number of anilines is 1. The van der Waals surface area contributed by atoms with E-state index in [4.69, 9.17) is 9.47 Å². The third-order valence-corrected chi connectivity index (χ3v) is 4.21. The molecule has 0 fully saturated rings. The third kappa shape index (κ3) is 4.91. The van der Waals surface area contributed by atoms with Crippen molar-refractivity contribution in [3.8, 4) is 11.5 Å². The summed E-state index contributed by atoms with van der Waals surface area (Å²) in [6.07, 6.45) is -3.03. The van der Waals surface area contributed by atoms with Gasteiger partial charge in [0.15, 0.2) is 11.5 Å². The number of hydrogen-bond donors (Lipinski definition) is 2. The number of hydrogen-bond acceptors (Lipinski definition) is 5. The summed E-state index contributed by atoms with van der Waals surface area (Å²) in [6.45, 7) is -0.0960. The van der Waals surface area contributed by atoms with Crippen LogP contribution in [0.15, 0.2) is 46.0 Å². The number of ether oxygens (including phenoxy) is 2. The van der Waals surface area contributed by atoms with Crippen molar-refractivity contribution in [3.63, 3.8) is 0 Å². The van der Waals surface area contributed by atoms with Gasteiger partial charge in [-0.2, -0.15) is 18.3 Å². The van der Waals surface area contributed by atoms with Crippen LogP contribution in [0.3, 0.4) is 0 Å². The largest absolute Gasteiger partial charge is 0.454 e. The lowest BCUT2D eigenvalue weighted by atomic mass is 10.2. The number of benzene rings is 2. The van der Waals surface area contributed by atoms with Gasteiger partial charge in [-0.3, -0.25) is 4.79 Å². The summed E-state index contributed by atoms with van der Waals surface area (Å²) >= 11 is 3.36. The summed E-state index contributed by atoms with van der Waals surface area (Å²) in [5.41, 5.74) is 2.34. The molecular weight excluding hydrogens is 431 g/mol. The molecule has 2 aromatic rings. The molecule has 1 aliphatic heterocycles. The number of rotatable bonds is 5. The van der Waals surface area contributed by atoms with E-state index in [0.717, 1.165) is 12.1 Å². The predicted molar refractivity (Wildman–Crippen MR) is 95.9 cm³/mol. The first-order valence-electron chi connectivity index (χ1n) is 7.65. The summed E-state index contributed by atoms with van der Waals surface area (Å²) in [6, 6.07) is 8.01. The van der Waals surface area contributed by atoms with Crippen LogP contribution in [0.2, 0.25) is 0 Å². The molecule has 142 valence electrons. The van der Waals surface area contributed by atoms with E-state index in [1.54, 1.807) is 12.1 Å². The summed E-state index contributed by atoms with van der Waals surface area (Å²) in [7, 11) is 0. The first-order valence-corrected chi connectivity index (χ1v) is 8.44. The maximum absolute atomic E-state index is 12.7. The van der Waals surface area contributed by atoms with Crippen molar-refractivity contribution in [3.05, 3.63) is 52.0 Å². The highest BCUT2D eigenvalue weighted by Gasteiger charge is 2.30. The molecule has 0 bridgehead atoms. The third-order valence-electron chi connectivity index (χ3n) is 3.53. The molecule has 0 atom stereocenters.